The maximum absolute atomic E-state index is 12.4. The standard InChI is InChI=1S/C17H33N3O2.2ClH/c1-13(21)11-20-8-6-14(7-9-20)12-19(2)17(22)10-15-4-3-5-16(15)18;;/h13-16,21H,3-12,18H2,1-2H3;2*1H/t13?,15-,16+;;/m0../s1. The first-order valence-electron chi connectivity index (χ1n) is 8.85. The predicted octanol–water partition coefficient (Wildman–Crippen LogP) is 1.90. The van der Waals surface area contributed by atoms with Crippen molar-refractivity contribution in [1.82, 2.24) is 9.80 Å². The molecule has 1 amide bonds. The topological polar surface area (TPSA) is 69.8 Å². The van der Waals surface area contributed by atoms with E-state index in [1.165, 1.54) is 6.42 Å². The van der Waals surface area contributed by atoms with E-state index in [1.54, 1.807) is 0 Å². The second-order valence-corrected chi connectivity index (χ2v) is 7.43. The number of amides is 1. The Kier molecular flexibility index (Phi) is 11.5. The van der Waals surface area contributed by atoms with E-state index in [9.17, 15) is 9.90 Å². The highest BCUT2D eigenvalue weighted by atomic mass is 35.5. The van der Waals surface area contributed by atoms with E-state index in [4.69, 9.17) is 5.73 Å². The van der Waals surface area contributed by atoms with Gasteiger partial charge in [-0.15, -0.1) is 24.8 Å². The third-order valence-corrected chi connectivity index (χ3v) is 5.34. The molecule has 3 atom stereocenters. The first-order valence-corrected chi connectivity index (χ1v) is 8.85. The summed E-state index contributed by atoms with van der Waals surface area (Å²) >= 11 is 0. The van der Waals surface area contributed by atoms with Crippen LogP contribution in [0.1, 0.15) is 45.4 Å². The molecule has 0 spiro atoms. The zero-order valence-corrected chi connectivity index (χ0v) is 16.7. The highest BCUT2D eigenvalue weighted by Gasteiger charge is 2.28. The molecule has 2 rings (SSSR count). The fraction of sp³-hybridized carbons (Fsp3) is 0.941. The first-order chi connectivity index (χ1) is 10.5. The molecule has 1 aliphatic heterocycles. The van der Waals surface area contributed by atoms with Crippen molar-refractivity contribution < 1.29 is 9.90 Å². The van der Waals surface area contributed by atoms with Gasteiger partial charge in [0.15, 0.2) is 0 Å². The molecule has 2 fully saturated rings. The third-order valence-electron chi connectivity index (χ3n) is 5.34. The van der Waals surface area contributed by atoms with Crippen molar-refractivity contribution in [1.29, 1.82) is 0 Å². The monoisotopic (exact) mass is 383 g/mol. The van der Waals surface area contributed by atoms with Gasteiger partial charge in [0, 0.05) is 32.6 Å². The number of nitrogens with two attached hydrogens (primary N) is 1. The third kappa shape index (κ3) is 7.44. The second kappa shape index (κ2) is 11.5. The van der Waals surface area contributed by atoms with Crippen LogP contribution in [0.5, 0.6) is 0 Å². The van der Waals surface area contributed by atoms with Crippen LogP contribution in [0.2, 0.25) is 0 Å². The smallest absolute Gasteiger partial charge is 0.222 e. The average Bonchev–Trinajstić information content (AvgIpc) is 2.86. The molecular formula is C17H35Cl2N3O2. The Hall–Kier alpha value is -0.0700. The van der Waals surface area contributed by atoms with Gasteiger partial charge in [0.1, 0.15) is 0 Å². The van der Waals surface area contributed by atoms with Crippen molar-refractivity contribution in [3.05, 3.63) is 0 Å². The van der Waals surface area contributed by atoms with Crippen molar-refractivity contribution >= 4 is 30.7 Å². The number of rotatable bonds is 6. The molecule has 2 aliphatic rings. The van der Waals surface area contributed by atoms with Crippen LogP contribution >= 0.6 is 24.8 Å². The van der Waals surface area contributed by atoms with Gasteiger partial charge >= 0.3 is 0 Å². The van der Waals surface area contributed by atoms with E-state index < -0.39 is 0 Å². The van der Waals surface area contributed by atoms with Crippen LogP contribution in [0.25, 0.3) is 0 Å². The number of carbonyl (C=O) groups is 1. The van der Waals surface area contributed by atoms with Gasteiger partial charge in [0.25, 0.3) is 0 Å². The van der Waals surface area contributed by atoms with Gasteiger partial charge in [-0.05, 0) is 57.5 Å². The normalized spacial score (nSPS) is 26.3. The molecule has 24 heavy (non-hydrogen) atoms. The van der Waals surface area contributed by atoms with Crippen LogP contribution in [0.4, 0.5) is 0 Å². The number of β-amino-alcohol motifs (C(OH)–C–C–N with tert-alkyl or cyclic N) is 1. The number of aliphatic hydroxyl groups excluding tert-OH is 1. The van der Waals surface area contributed by atoms with Gasteiger partial charge < -0.3 is 20.6 Å². The fourth-order valence-corrected chi connectivity index (χ4v) is 3.91. The highest BCUT2D eigenvalue weighted by Crippen LogP contribution is 2.27. The van der Waals surface area contributed by atoms with Crippen LogP contribution in [0, 0.1) is 11.8 Å². The fourth-order valence-electron chi connectivity index (χ4n) is 3.91. The lowest BCUT2D eigenvalue weighted by atomic mass is 9.95. The van der Waals surface area contributed by atoms with E-state index >= 15 is 0 Å². The van der Waals surface area contributed by atoms with Crippen LogP contribution in [0.3, 0.4) is 0 Å². The van der Waals surface area contributed by atoms with Crippen molar-refractivity contribution in [2.45, 2.75) is 57.6 Å². The molecule has 1 aliphatic carbocycles. The van der Waals surface area contributed by atoms with Crippen LogP contribution in [-0.2, 0) is 4.79 Å². The molecule has 0 bridgehead atoms. The Bertz CT molecular complexity index is 364. The Morgan fingerprint density at radius 3 is 2.38 bits per heavy atom. The molecule has 1 saturated heterocycles. The summed E-state index contributed by atoms with van der Waals surface area (Å²) in [5.74, 6) is 1.24. The van der Waals surface area contributed by atoms with E-state index in [1.807, 2.05) is 18.9 Å². The lowest BCUT2D eigenvalue weighted by Crippen LogP contribution is -2.42. The van der Waals surface area contributed by atoms with E-state index in [2.05, 4.69) is 4.90 Å². The summed E-state index contributed by atoms with van der Waals surface area (Å²) < 4.78 is 0. The summed E-state index contributed by atoms with van der Waals surface area (Å²) in [6.07, 6.45) is 5.96. The van der Waals surface area contributed by atoms with E-state index in [-0.39, 0.29) is 42.9 Å². The molecule has 1 heterocycles. The summed E-state index contributed by atoms with van der Waals surface area (Å²) in [4.78, 5) is 16.6. The van der Waals surface area contributed by atoms with Gasteiger partial charge in [0.05, 0.1) is 6.10 Å². The number of halogens is 2. The van der Waals surface area contributed by atoms with Crippen molar-refractivity contribution in [2.75, 3.05) is 33.2 Å². The van der Waals surface area contributed by atoms with E-state index in [0.717, 1.165) is 51.9 Å². The molecule has 0 aromatic heterocycles. The number of hydrogen-bond donors (Lipinski definition) is 2. The summed E-state index contributed by atoms with van der Waals surface area (Å²) in [6.45, 7) is 5.53. The summed E-state index contributed by atoms with van der Waals surface area (Å²) in [6, 6.07) is 0.223. The van der Waals surface area contributed by atoms with Gasteiger partial charge in [0.2, 0.25) is 5.91 Å². The highest BCUT2D eigenvalue weighted by molar-refractivity contribution is 5.85. The average molecular weight is 384 g/mol. The quantitative estimate of drug-likeness (QED) is 0.734. The maximum atomic E-state index is 12.4. The zero-order chi connectivity index (χ0) is 16.1. The molecular weight excluding hydrogens is 349 g/mol. The minimum atomic E-state index is -0.253. The first kappa shape index (κ1) is 23.9. The van der Waals surface area contributed by atoms with Gasteiger partial charge in [-0.25, -0.2) is 0 Å². The predicted molar refractivity (Wildman–Crippen MR) is 103 cm³/mol. The summed E-state index contributed by atoms with van der Waals surface area (Å²) in [7, 11) is 1.94. The molecule has 144 valence electrons. The number of hydrogen-bond acceptors (Lipinski definition) is 4. The molecule has 1 saturated carbocycles. The molecule has 7 heteroatoms. The van der Waals surface area contributed by atoms with Crippen molar-refractivity contribution in [2.24, 2.45) is 17.6 Å². The summed E-state index contributed by atoms with van der Waals surface area (Å²) in [5.41, 5.74) is 6.07. The lowest BCUT2D eigenvalue weighted by Gasteiger charge is -2.34. The largest absolute Gasteiger partial charge is 0.392 e. The minimum absolute atomic E-state index is 0. The second-order valence-electron chi connectivity index (χ2n) is 7.43. The Morgan fingerprint density at radius 2 is 1.88 bits per heavy atom. The van der Waals surface area contributed by atoms with Gasteiger partial charge in [-0.3, -0.25) is 4.79 Å². The van der Waals surface area contributed by atoms with Crippen LogP contribution < -0.4 is 5.73 Å². The molecule has 0 aromatic carbocycles. The minimum Gasteiger partial charge on any atom is -0.392 e. The Morgan fingerprint density at radius 1 is 1.25 bits per heavy atom. The van der Waals surface area contributed by atoms with Crippen LogP contribution in [0.15, 0.2) is 0 Å². The van der Waals surface area contributed by atoms with Crippen molar-refractivity contribution in [3.8, 4) is 0 Å². The number of piperidine rings is 1. The molecule has 0 radical (unpaired) electrons. The summed E-state index contributed by atoms with van der Waals surface area (Å²) in [5, 5.41) is 9.44. The molecule has 1 unspecified atom stereocenters. The van der Waals surface area contributed by atoms with Crippen molar-refractivity contribution in [3.63, 3.8) is 0 Å². The number of likely N-dealkylation sites (tertiary alicyclic amines) is 1. The number of nitrogens with zero attached hydrogens (tertiary/aromatic N) is 2. The van der Waals surface area contributed by atoms with Crippen LogP contribution in [-0.4, -0.2) is 66.2 Å². The number of carbonyl (C=O) groups excluding carboxylic acids is 1. The van der Waals surface area contributed by atoms with Gasteiger partial charge in [-0.2, -0.15) is 0 Å². The zero-order valence-electron chi connectivity index (χ0n) is 15.0. The lowest BCUT2D eigenvalue weighted by molar-refractivity contribution is -0.131. The number of aliphatic hydroxyl groups is 1. The van der Waals surface area contributed by atoms with Gasteiger partial charge in [-0.1, -0.05) is 6.42 Å². The molecule has 0 aromatic rings. The SMILES string of the molecule is CC(O)CN1CCC(CN(C)C(=O)C[C@@H]2CCC[C@H]2N)CC1.Cl.Cl. The maximum Gasteiger partial charge on any atom is 0.222 e. The Balaban J connectivity index is 0.00000264. The van der Waals surface area contributed by atoms with E-state index in [0.29, 0.717) is 18.3 Å². The Labute approximate surface area is 159 Å². The molecule has 3 N–H and O–H groups in total. The molecule has 5 nitrogen and oxygen atoms in total.